The maximum absolute atomic E-state index is 4.92. The average molecular weight is 412 g/mol. The monoisotopic (exact) mass is 412 g/mol. The van der Waals surface area contributed by atoms with E-state index < -0.39 is 0 Å². The fraction of sp³-hybridized carbons (Fsp3) is 0.0357. The molecule has 0 saturated heterocycles. The summed E-state index contributed by atoms with van der Waals surface area (Å²) >= 11 is 0. The van der Waals surface area contributed by atoms with Crippen molar-refractivity contribution >= 4 is 21.8 Å². The Morgan fingerprint density at radius 1 is 0.562 bits per heavy atom. The van der Waals surface area contributed by atoms with Crippen LogP contribution in [0.3, 0.4) is 0 Å². The Morgan fingerprint density at radius 3 is 1.84 bits per heavy atom. The van der Waals surface area contributed by atoms with E-state index >= 15 is 0 Å². The van der Waals surface area contributed by atoms with Crippen molar-refractivity contribution in [3.63, 3.8) is 0 Å². The number of aryl methyl sites for hydroxylation is 1. The molecule has 0 aliphatic carbocycles. The predicted molar refractivity (Wildman–Crippen MR) is 130 cm³/mol. The van der Waals surface area contributed by atoms with Gasteiger partial charge < -0.3 is 4.57 Å². The Bertz CT molecular complexity index is 1510. The van der Waals surface area contributed by atoms with Crippen molar-refractivity contribution in [2.45, 2.75) is 6.92 Å². The van der Waals surface area contributed by atoms with Gasteiger partial charge in [-0.15, -0.1) is 0 Å². The van der Waals surface area contributed by atoms with Crippen LogP contribution in [0.2, 0.25) is 0 Å². The normalized spacial score (nSPS) is 11.3. The number of hydrogen-bond acceptors (Lipinski definition) is 3. The summed E-state index contributed by atoms with van der Waals surface area (Å²) in [5, 5.41) is 2.48. The van der Waals surface area contributed by atoms with Crippen LogP contribution in [0.15, 0.2) is 103 Å². The third-order valence-electron chi connectivity index (χ3n) is 5.75. The summed E-state index contributed by atoms with van der Waals surface area (Å²) < 4.78 is 2.31. The first kappa shape index (κ1) is 18.5. The van der Waals surface area contributed by atoms with Gasteiger partial charge in [-0.2, -0.15) is 0 Å². The summed E-state index contributed by atoms with van der Waals surface area (Å²) in [6.45, 7) is 2.14. The summed E-state index contributed by atoms with van der Waals surface area (Å²) in [6, 6.07) is 31.2. The molecule has 0 unspecified atom stereocenters. The molecule has 0 saturated carbocycles. The van der Waals surface area contributed by atoms with Crippen LogP contribution in [0, 0.1) is 6.92 Å². The summed E-state index contributed by atoms with van der Waals surface area (Å²) in [4.78, 5) is 14.0. The van der Waals surface area contributed by atoms with Crippen LogP contribution in [-0.4, -0.2) is 19.5 Å². The molecular weight excluding hydrogens is 392 g/mol. The largest absolute Gasteiger partial charge is 0.309 e. The summed E-state index contributed by atoms with van der Waals surface area (Å²) in [6.07, 6.45) is 3.60. The average Bonchev–Trinajstić information content (AvgIpc) is 3.18. The highest BCUT2D eigenvalue weighted by atomic mass is 15.0. The van der Waals surface area contributed by atoms with Crippen LogP contribution < -0.4 is 0 Å². The van der Waals surface area contributed by atoms with E-state index in [0.717, 1.165) is 28.5 Å². The second-order valence-electron chi connectivity index (χ2n) is 7.90. The van der Waals surface area contributed by atoms with E-state index in [1.165, 1.54) is 27.4 Å². The molecule has 0 spiro atoms. The second-order valence-corrected chi connectivity index (χ2v) is 7.90. The van der Waals surface area contributed by atoms with E-state index in [0.29, 0.717) is 0 Å². The fourth-order valence-electron chi connectivity index (χ4n) is 4.30. The quantitative estimate of drug-likeness (QED) is 0.328. The molecule has 0 radical (unpaired) electrons. The van der Waals surface area contributed by atoms with E-state index in [1.54, 1.807) is 12.4 Å². The molecule has 0 atom stereocenters. The Balaban J connectivity index is 1.70. The Labute approximate surface area is 185 Å². The molecule has 0 fully saturated rings. The molecule has 0 aliphatic rings. The van der Waals surface area contributed by atoms with Gasteiger partial charge in [0.15, 0.2) is 0 Å². The third-order valence-corrected chi connectivity index (χ3v) is 5.75. The summed E-state index contributed by atoms with van der Waals surface area (Å²) in [5.74, 6) is 0. The lowest BCUT2D eigenvalue weighted by molar-refractivity contribution is 1.14. The molecule has 4 heterocycles. The number of fused-ring (bicyclic) bond motifs is 3. The van der Waals surface area contributed by atoms with E-state index in [-0.39, 0.29) is 0 Å². The van der Waals surface area contributed by atoms with Crippen LogP contribution in [0.25, 0.3) is 50.3 Å². The second kappa shape index (κ2) is 7.43. The molecule has 4 nitrogen and oxygen atoms in total. The SMILES string of the molecule is Cc1ccc2c(c1)c1ccccc1n2-c1cc(-c2ccccn2)nc(-c2ccccn2)c1. The lowest BCUT2D eigenvalue weighted by atomic mass is 10.1. The predicted octanol–water partition coefficient (Wildman–Crippen LogP) is 6.61. The van der Waals surface area contributed by atoms with Gasteiger partial charge in [0.1, 0.15) is 0 Å². The van der Waals surface area contributed by atoms with Gasteiger partial charge in [-0.3, -0.25) is 9.97 Å². The molecule has 4 aromatic heterocycles. The van der Waals surface area contributed by atoms with E-state index in [9.17, 15) is 0 Å². The first-order valence-corrected chi connectivity index (χ1v) is 10.6. The topological polar surface area (TPSA) is 43.6 Å². The van der Waals surface area contributed by atoms with Crippen LogP contribution in [-0.2, 0) is 0 Å². The van der Waals surface area contributed by atoms with Crippen molar-refractivity contribution in [1.82, 2.24) is 19.5 Å². The number of hydrogen-bond donors (Lipinski definition) is 0. The Kier molecular flexibility index (Phi) is 4.29. The van der Waals surface area contributed by atoms with Crippen LogP contribution in [0.4, 0.5) is 0 Å². The number of nitrogens with zero attached hydrogens (tertiary/aromatic N) is 4. The van der Waals surface area contributed by atoms with Gasteiger partial charge >= 0.3 is 0 Å². The Hall–Kier alpha value is -4.31. The van der Waals surface area contributed by atoms with E-state index in [1.807, 2.05) is 36.4 Å². The molecular formula is C28H20N4. The number of benzene rings is 2. The molecule has 32 heavy (non-hydrogen) atoms. The maximum Gasteiger partial charge on any atom is 0.0915 e. The van der Waals surface area contributed by atoms with Gasteiger partial charge in [0.05, 0.1) is 39.5 Å². The van der Waals surface area contributed by atoms with Crippen molar-refractivity contribution in [3.05, 3.63) is 109 Å². The standard InChI is InChI=1S/C28H20N4/c1-19-12-13-28-22(16-19)21-8-2-3-11-27(21)32(28)20-17-25(23-9-4-6-14-29-23)31-26(18-20)24-10-5-7-15-30-24/h2-18H,1H3. The minimum atomic E-state index is 0.821. The smallest absolute Gasteiger partial charge is 0.0915 e. The lowest BCUT2D eigenvalue weighted by Crippen LogP contribution is -1.99. The molecule has 6 rings (SSSR count). The molecule has 0 aliphatic heterocycles. The zero-order valence-electron chi connectivity index (χ0n) is 17.6. The summed E-state index contributed by atoms with van der Waals surface area (Å²) in [7, 11) is 0. The summed E-state index contributed by atoms with van der Waals surface area (Å²) in [5.41, 5.74) is 7.94. The zero-order valence-corrected chi connectivity index (χ0v) is 17.6. The minimum absolute atomic E-state index is 0.821. The van der Waals surface area contributed by atoms with Crippen molar-refractivity contribution in [2.75, 3.05) is 0 Å². The first-order valence-electron chi connectivity index (χ1n) is 10.6. The highest BCUT2D eigenvalue weighted by molar-refractivity contribution is 6.09. The fourth-order valence-corrected chi connectivity index (χ4v) is 4.30. The number of para-hydroxylation sites is 1. The van der Waals surface area contributed by atoms with Crippen LogP contribution in [0.5, 0.6) is 0 Å². The molecule has 6 aromatic rings. The van der Waals surface area contributed by atoms with Gasteiger partial charge in [-0.05, 0) is 61.5 Å². The van der Waals surface area contributed by atoms with Gasteiger partial charge in [0.25, 0.3) is 0 Å². The third kappa shape index (κ3) is 3.05. The Morgan fingerprint density at radius 2 is 1.19 bits per heavy atom. The molecule has 152 valence electrons. The highest BCUT2D eigenvalue weighted by Gasteiger charge is 2.15. The number of rotatable bonds is 3. The molecule has 2 aromatic carbocycles. The van der Waals surface area contributed by atoms with Crippen molar-refractivity contribution < 1.29 is 0 Å². The molecule has 0 N–H and O–H groups in total. The van der Waals surface area contributed by atoms with Gasteiger partial charge in [0, 0.05) is 23.2 Å². The highest BCUT2D eigenvalue weighted by Crippen LogP contribution is 2.34. The molecule has 0 amide bonds. The van der Waals surface area contributed by atoms with E-state index in [4.69, 9.17) is 4.98 Å². The van der Waals surface area contributed by atoms with Gasteiger partial charge in [-0.1, -0.05) is 42.0 Å². The number of aromatic nitrogens is 4. The van der Waals surface area contributed by atoms with Crippen LogP contribution in [0.1, 0.15) is 5.56 Å². The van der Waals surface area contributed by atoms with E-state index in [2.05, 4.69) is 76.1 Å². The van der Waals surface area contributed by atoms with Crippen molar-refractivity contribution in [2.24, 2.45) is 0 Å². The van der Waals surface area contributed by atoms with Crippen molar-refractivity contribution in [1.29, 1.82) is 0 Å². The maximum atomic E-state index is 4.92. The van der Waals surface area contributed by atoms with Gasteiger partial charge in [0.2, 0.25) is 0 Å². The zero-order chi connectivity index (χ0) is 21.5. The minimum Gasteiger partial charge on any atom is -0.309 e. The molecule has 4 heteroatoms. The van der Waals surface area contributed by atoms with Gasteiger partial charge in [-0.25, -0.2) is 4.98 Å². The van der Waals surface area contributed by atoms with Crippen LogP contribution >= 0.6 is 0 Å². The molecule has 0 bridgehead atoms. The number of pyridine rings is 3. The van der Waals surface area contributed by atoms with Crippen molar-refractivity contribution in [3.8, 4) is 28.5 Å². The first-order chi connectivity index (χ1) is 15.8. The lowest BCUT2D eigenvalue weighted by Gasteiger charge is -2.12.